The highest BCUT2D eigenvalue weighted by Crippen LogP contribution is 2.40. The third kappa shape index (κ3) is 7.28. The van der Waals surface area contributed by atoms with Gasteiger partial charge >= 0.3 is 0 Å². The van der Waals surface area contributed by atoms with Crippen LogP contribution in [-0.2, 0) is 6.42 Å². The number of aromatic nitrogens is 5. The molecule has 0 N–H and O–H groups in total. The number of hydrogen-bond acceptors (Lipinski definition) is 2. The van der Waals surface area contributed by atoms with E-state index in [0.29, 0.717) is 11.8 Å². The Morgan fingerprint density at radius 1 is 0.475 bits per heavy atom. The fraction of sp³-hybridized carbons (Fsp3) is 0.236. The van der Waals surface area contributed by atoms with Crippen LogP contribution in [0.2, 0.25) is 0 Å². The maximum atomic E-state index is 13.9. The van der Waals surface area contributed by atoms with Gasteiger partial charge in [-0.05, 0) is 117 Å². The summed E-state index contributed by atoms with van der Waals surface area (Å²) in [6.45, 7) is 18.1. The Morgan fingerprint density at radius 2 is 1.07 bits per heavy atom. The predicted octanol–water partition coefficient (Wildman–Crippen LogP) is 14.7. The molecule has 0 aliphatic carbocycles. The maximum absolute atomic E-state index is 13.9. The molecule has 5 nitrogen and oxygen atoms in total. The first-order valence-electron chi connectivity index (χ1n) is 21.7. The van der Waals surface area contributed by atoms with Crippen LogP contribution in [0.15, 0.2) is 146 Å². The monoisotopic (exact) mass is 803 g/mol. The average molecular weight is 804 g/mol. The van der Waals surface area contributed by atoms with Crippen LogP contribution >= 0.6 is 0 Å². The molecule has 3 heterocycles. The van der Waals surface area contributed by atoms with E-state index in [9.17, 15) is 4.39 Å². The van der Waals surface area contributed by atoms with Gasteiger partial charge in [-0.3, -0.25) is 13.7 Å². The van der Waals surface area contributed by atoms with Crippen molar-refractivity contribution in [3.63, 3.8) is 0 Å². The Labute approximate surface area is 359 Å². The van der Waals surface area contributed by atoms with E-state index in [2.05, 4.69) is 179 Å². The topological polar surface area (TPSA) is 40.6 Å². The summed E-state index contributed by atoms with van der Waals surface area (Å²) >= 11 is 0. The lowest BCUT2D eigenvalue weighted by molar-refractivity contribution is 0.628. The SMILES string of the molecule is CC(C)c1cc(-c2ccc(F)cc2)cc(C(C)C)c1-n1ccnc1-c1cccc(Cc2ccc3c4ccccc4n(-c4nccn4-c4c(C(C)C)cccc4C(C)C)c3c2)c1. The second-order valence-corrected chi connectivity index (χ2v) is 17.7. The van der Waals surface area contributed by atoms with Gasteiger partial charge in [0.2, 0.25) is 5.95 Å². The van der Waals surface area contributed by atoms with E-state index in [-0.39, 0.29) is 17.7 Å². The summed E-state index contributed by atoms with van der Waals surface area (Å²) in [4.78, 5) is 10.1. The minimum Gasteiger partial charge on any atom is -0.299 e. The number of para-hydroxylation sites is 2. The van der Waals surface area contributed by atoms with Gasteiger partial charge in [-0.1, -0.05) is 134 Å². The maximum Gasteiger partial charge on any atom is 0.219 e. The highest BCUT2D eigenvalue weighted by molar-refractivity contribution is 6.09. The van der Waals surface area contributed by atoms with E-state index in [1.165, 1.54) is 67.7 Å². The molecule has 0 spiro atoms. The molecule has 0 aliphatic rings. The van der Waals surface area contributed by atoms with Crippen molar-refractivity contribution in [3.05, 3.63) is 185 Å². The second kappa shape index (κ2) is 16.2. The minimum absolute atomic E-state index is 0.227. The second-order valence-electron chi connectivity index (χ2n) is 17.7. The van der Waals surface area contributed by atoms with Crippen molar-refractivity contribution in [1.29, 1.82) is 0 Å². The lowest BCUT2D eigenvalue weighted by Crippen LogP contribution is -2.11. The summed E-state index contributed by atoms with van der Waals surface area (Å²) in [5, 5.41) is 2.42. The molecule has 0 saturated carbocycles. The van der Waals surface area contributed by atoms with E-state index >= 15 is 0 Å². The van der Waals surface area contributed by atoms with Gasteiger partial charge in [0.1, 0.15) is 11.6 Å². The number of nitrogens with zero attached hydrogens (tertiary/aromatic N) is 5. The van der Waals surface area contributed by atoms with Crippen LogP contribution in [0.3, 0.4) is 0 Å². The van der Waals surface area contributed by atoms with Crippen LogP contribution in [-0.4, -0.2) is 23.7 Å². The molecule has 0 bridgehead atoms. The molecular weight excluding hydrogens is 750 g/mol. The molecule has 306 valence electrons. The standard InChI is InChI=1S/C55H54FN5/c1-34(2)44-16-12-17-45(35(3)4)52(44)60-28-26-58-55(60)61-50-18-10-9-15-46(50)47-24-19-39(31-51(47)61)29-38-13-11-14-41(30-38)54-57-25-27-59(54)53-48(36(5)6)32-42(33-49(53)37(7)8)40-20-22-43(56)23-21-40/h9-28,30-37H,29H2,1-8H3. The predicted molar refractivity (Wildman–Crippen MR) is 251 cm³/mol. The summed E-state index contributed by atoms with van der Waals surface area (Å²) in [7, 11) is 0. The zero-order chi connectivity index (χ0) is 42.5. The quantitative estimate of drug-likeness (QED) is 0.131. The van der Waals surface area contributed by atoms with Crippen molar-refractivity contribution < 1.29 is 4.39 Å². The molecule has 0 radical (unpaired) electrons. The van der Waals surface area contributed by atoms with Gasteiger partial charge in [0.15, 0.2) is 0 Å². The van der Waals surface area contributed by atoms with Crippen molar-refractivity contribution in [2.75, 3.05) is 0 Å². The van der Waals surface area contributed by atoms with Crippen molar-refractivity contribution in [2.24, 2.45) is 0 Å². The molecular formula is C55H54FN5. The fourth-order valence-electron chi connectivity index (χ4n) is 9.17. The van der Waals surface area contributed by atoms with E-state index in [1.54, 1.807) is 0 Å². The Balaban J connectivity index is 1.12. The lowest BCUT2D eigenvalue weighted by Gasteiger charge is -2.24. The van der Waals surface area contributed by atoms with Gasteiger partial charge in [-0.2, -0.15) is 0 Å². The molecule has 9 aromatic rings. The number of hydrogen-bond donors (Lipinski definition) is 0. The van der Waals surface area contributed by atoms with Gasteiger partial charge in [-0.15, -0.1) is 0 Å². The van der Waals surface area contributed by atoms with Gasteiger partial charge in [0, 0.05) is 41.1 Å². The van der Waals surface area contributed by atoms with Crippen molar-refractivity contribution >= 4 is 21.8 Å². The summed E-state index contributed by atoms with van der Waals surface area (Å²) in [6, 6.07) is 42.5. The number of halogens is 1. The summed E-state index contributed by atoms with van der Waals surface area (Å²) in [5.74, 6) is 2.77. The molecule has 61 heavy (non-hydrogen) atoms. The van der Waals surface area contributed by atoms with Gasteiger partial charge < -0.3 is 0 Å². The summed E-state index contributed by atoms with van der Waals surface area (Å²) < 4.78 is 20.8. The normalized spacial score (nSPS) is 12.0. The first-order chi connectivity index (χ1) is 29.5. The van der Waals surface area contributed by atoms with Gasteiger partial charge in [0.25, 0.3) is 0 Å². The zero-order valence-corrected chi connectivity index (χ0v) is 36.5. The average Bonchev–Trinajstić information content (AvgIpc) is 4.01. The molecule has 0 fully saturated rings. The van der Waals surface area contributed by atoms with Crippen molar-refractivity contribution in [1.82, 2.24) is 23.7 Å². The molecule has 9 rings (SSSR count). The highest BCUT2D eigenvalue weighted by atomic mass is 19.1. The molecule has 0 amide bonds. The van der Waals surface area contributed by atoms with Crippen molar-refractivity contribution in [3.8, 4) is 39.8 Å². The number of imidazole rings is 2. The van der Waals surface area contributed by atoms with Crippen LogP contribution in [0.1, 0.15) is 112 Å². The van der Waals surface area contributed by atoms with Crippen molar-refractivity contribution in [2.45, 2.75) is 85.5 Å². The molecule has 0 unspecified atom stereocenters. The minimum atomic E-state index is -0.227. The van der Waals surface area contributed by atoms with E-state index < -0.39 is 0 Å². The third-order valence-electron chi connectivity index (χ3n) is 12.2. The van der Waals surface area contributed by atoms with E-state index in [1.807, 2.05) is 24.5 Å². The Kier molecular flexibility index (Phi) is 10.6. The lowest BCUT2D eigenvalue weighted by atomic mass is 9.88. The van der Waals surface area contributed by atoms with Gasteiger partial charge in [-0.25, -0.2) is 14.4 Å². The van der Waals surface area contributed by atoms with E-state index in [0.717, 1.165) is 45.9 Å². The third-order valence-corrected chi connectivity index (χ3v) is 12.2. The van der Waals surface area contributed by atoms with Crippen LogP contribution in [0.25, 0.3) is 61.6 Å². The molecule has 0 atom stereocenters. The smallest absolute Gasteiger partial charge is 0.219 e. The first-order valence-corrected chi connectivity index (χ1v) is 21.7. The first kappa shape index (κ1) is 39.9. The largest absolute Gasteiger partial charge is 0.299 e. The Bertz CT molecular complexity index is 2970. The van der Waals surface area contributed by atoms with Crippen LogP contribution < -0.4 is 0 Å². The molecule has 0 saturated heterocycles. The van der Waals surface area contributed by atoms with Gasteiger partial charge in [0.05, 0.1) is 22.4 Å². The van der Waals surface area contributed by atoms with E-state index in [4.69, 9.17) is 9.97 Å². The summed E-state index contributed by atoms with van der Waals surface area (Å²) in [6.07, 6.45) is 8.81. The number of benzene rings is 6. The Morgan fingerprint density at radius 3 is 1.75 bits per heavy atom. The zero-order valence-electron chi connectivity index (χ0n) is 36.5. The molecule has 6 heteroatoms. The highest BCUT2D eigenvalue weighted by Gasteiger charge is 2.23. The molecule has 3 aromatic heterocycles. The van der Waals surface area contributed by atoms with Crippen LogP contribution in [0, 0.1) is 5.82 Å². The van der Waals surface area contributed by atoms with Crippen LogP contribution in [0.5, 0.6) is 0 Å². The number of rotatable bonds is 11. The molecule has 0 aliphatic heterocycles. The fourth-order valence-corrected chi connectivity index (χ4v) is 9.17. The number of fused-ring (bicyclic) bond motifs is 3. The molecule has 6 aromatic carbocycles. The van der Waals surface area contributed by atoms with Crippen LogP contribution in [0.4, 0.5) is 4.39 Å². The summed E-state index contributed by atoms with van der Waals surface area (Å²) in [5.41, 5.74) is 15.4. The Hall–Kier alpha value is -6.53.